The number of hydrogen-bond donors (Lipinski definition) is 1. The van der Waals surface area contributed by atoms with Crippen molar-refractivity contribution in [3.63, 3.8) is 0 Å². The van der Waals surface area contributed by atoms with Crippen LogP contribution in [0.5, 0.6) is 0 Å². The van der Waals surface area contributed by atoms with Crippen molar-refractivity contribution in [2.75, 3.05) is 0 Å². The molecule has 1 aromatic heterocycles. The second-order valence-electron chi connectivity index (χ2n) is 4.76. The molecule has 0 fully saturated rings. The second-order valence-corrected chi connectivity index (χ2v) is 4.76. The van der Waals surface area contributed by atoms with Gasteiger partial charge in [-0.2, -0.15) is 0 Å². The Morgan fingerprint density at radius 3 is 2.76 bits per heavy atom. The summed E-state index contributed by atoms with van der Waals surface area (Å²) in [5, 5.41) is 9.25. The highest BCUT2D eigenvalue weighted by atomic mass is 19.1. The number of aryl methyl sites for hydroxylation is 2. The van der Waals surface area contributed by atoms with E-state index < -0.39 is 5.97 Å². The first-order valence-corrected chi connectivity index (χ1v) is 6.57. The minimum Gasteiger partial charge on any atom is -0.478 e. The number of carbonyl (C=O) groups is 1. The van der Waals surface area contributed by atoms with Gasteiger partial charge in [0.15, 0.2) is 0 Å². The number of carboxylic acids is 1. The van der Waals surface area contributed by atoms with Gasteiger partial charge in [0.25, 0.3) is 0 Å². The maximum Gasteiger partial charge on any atom is 0.337 e. The van der Waals surface area contributed by atoms with E-state index in [0.29, 0.717) is 29.6 Å². The molecule has 0 atom stereocenters. The van der Waals surface area contributed by atoms with Gasteiger partial charge >= 0.3 is 5.97 Å². The highest BCUT2D eigenvalue weighted by molar-refractivity contribution is 6.01. The molecule has 0 bridgehead atoms. The van der Waals surface area contributed by atoms with E-state index in [-0.39, 0.29) is 11.4 Å². The summed E-state index contributed by atoms with van der Waals surface area (Å²) in [6.45, 7) is 0.474. The number of fused-ring (bicyclic) bond motifs is 1. The molecule has 0 spiro atoms. The molecule has 5 heteroatoms. The fourth-order valence-corrected chi connectivity index (χ4v) is 2.41. The topological polar surface area (TPSA) is 55.1 Å². The number of aromatic carboxylic acids is 1. The number of imidazole rings is 1. The SMILES string of the molecule is O=C(O)c1cccc2ncn(CCc3ccccc3F)c12. The van der Waals surface area contributed by atoms with Gasteiger partial charge < -0.3 is 9.67 Å². The van der Waals surface area contributed by atoms with Crippen molar-refractivity contribution in [1.29, 1.82) is 0 Å². The van der Waals surface area contributed by atoms with E-state index in [4.69, 9.17) is 0 Å². The fraction of sp³-hybridized carbons (Fsp3) is 0.125. The Hall–Kier alpha value is -2.69. The molecule has 0 saturated heterocycles. The monoisotopic (exact) mass is 284 g/mol. The van der Waals surface area contributed by atoms with Crippen molar-refractivity contribution in [3.8, 4) is 0 Å². The van der Waals surface area contributed by atoms with Gasteiger partial charge in [0.2, 0.25) is 0 Å². The van der Waals surface area contributed by atoms with Crippen LogP contribution in [0, 0.1) is 5.82 Å². The number of carboxylic acid groups (broad SMARTS) is 1. The predicted octanol–water partition coefficient (Wildman–Crippen LogP) is 3.12. The quantitative estimate of drug-likeness (QED) is 0.801. The standard InChI is InChI=1S/C16H13FN2O2/c17-13-6-2-1-4-11(13)8-9-19-10-18-14-7-3-5-12(15(14)19)16(20)21/h1-7,10H,8-9H2,(H,20,21). The largest absolute Gasteiger partial charge is 0.478 e. The van der Waals surface area contributed by atoms with E-state index in [1.807, 2.05) is 0 Å². The number of para-hydroxylation sites is 1. The predicted molar refractivity (Wildman–Crippen MR) is 76.8 cm³/mol. The molecule has 21 heavy (non-hydrogen) atoms. The summed E-state index contributed by atoms with van der Waals surface area (Å²) in [6, 6.07) is 11.6. The van der Waals surface area contributed by atoms with Crippen molar-refractivity contribution >= 4 is 17.0 Å². The van der Waals surface area contributed by atoms with Crippen LogP contribution in [0.4, 0.5) is 4.39 Å². The summed E-state index contributed by atoms with van der Waals surface area (Å²) in [4.78, 5) is 15.5. The molecular weight excluding hydrogens is 271 g/mol. The highest BCUT2D eigenvalue weighted by Crippen LogP contribution is 2.19. The first kappa shape index (κ1) is 13.3. The van der Waals surface area contributed by atoms with E-state index in [0.717, 1.165) is 0 Å². The first-order chi connectivity index (χ1) is 10.2. The Morgan fingerprint density at radius 1 is 1.19 bits per heavy atom. The highest BCUT2D eigenvalue weighted by Gasteiger charge is 2.13. The Balaban J connectivity index is 1.95. The van der Waals surface area contributed by atoms with Crippen molar-refractivity contribution in [3.05, 3.63) is 65.7 Å². The van der Waals surface area contributed by atoms with Crippen LogP contribution in [0.1, 0.15) is 15.9 Å². The van der Waals surface area contributed by atoms with Gasteiger partial charge in [0.1, 0.15) is 5.82 Å². The molecule has 0 unspecified atom stereocenters. The van der Waals surface area contributed by atoms with Gasteiger partial charge in [-0.3, -0.25) is 0 Å². The summed E-state index contributed by atoms with van der Waals surface area (Å²) in [5.74, 6) is -1.24. The number of hydrogen-bond acceptors (Lipinski definition) is 2. The van der Waals surface area contributed by atoms with Crippen LogP contribution >= 0.6 is 0 Å². The van der Waals surface area contributed by atoms with Crippen LogP contribution in [0.2, 0.25) is 0 Å². The number of nitrogens with zero attached hydrogens (tertiary/aromatic N) is 2. The zero-order valence-corrected chi connectivity index (χ0v) is 11.2. The third-order valence-electron chi connectivity index (χ3n) is 3.45. The average molecular weight is 284 g/mol. The smallest absolute Gasteiger partial charge is 0.337 e. The van der Waals surface area contributed by atoms with E-state index in [9.17, 15) is 14.3 Å². The number of aromatic nitrogens is 2. The molecule has 1 N–H and O–H groups in total. The molecule has 3 rings (SSSR count). The van der Waals surface area contributed by atoms with Crippen LogP contribution in [-0.4, -0.2) is 20.6 Å². The summed E-state index contributed by atoms with van der Waals surface area (Å²) in [6.07, 6.45) is 2.07. The minimum absolute atomic E-state index is 0.207. The van der Waals surface area contributed by atoms with Crippen molar-refractivity contribution in [1.82, 2.24) is 9.55 Å². The lowest BCUT2D eigenvalue weighted by molar-refractivity contribution is 0.0698. The Bertz CT molecular complexity index is 811. The van der Waals surface area contributed by atoms with Gasteiger partial charge in [-0.25, -0.2) is 14.2 Å². The molecule has 0 aliphatic rings. The van der Waals surface area contributed by atoms with Crippen LogP contribution in [0.15, 0.2) is 48.8 Å². The molecule has 0 aliphatic carbocycles. The van der Waals surface area contributed by atoms with Gasteiger partial charge in [0.05, 0.1) is 22.9 Å². The van der Waals surface area contributed by atoms with Gasteiger partial charge in [-0.05, 0) is 30.2 Å². The fourth-order valence-electron chi connectivity index (χ4n) is 2.41. The van der Waals surface area contributed by atoms with Crippen LogP contribution in [-0.2, 0) is 13.0 Å². The lowest BCUT2D eigenvalue weighted by atomic mass is 10.1. The summed E-state index contributed by atoms with van der Waals surface area (Å²) in [5.41, 5.74) is 2.01. The van der Waals surface area contributed by atoms with Gasteiger partial charge in [-0.1, -0.05) is 24.3 Å². The summed E-state index contributed by atoms with van der Waals surface area (Å²) in [7, 11) is 0. The lowest BCUT2D eigenvalue weighted by Crippen LogP contribution is -2.05. The molecule has 106 valence electrons. The maximum absolute atomic E-state index is 13.6. The second kappa shape index (κ2) is 5.36. The zero-order valence-electron chi connectivity index (χ0n) is 11.2. The number of benzene rings is 2. The lowest BCUT2D eigenvalue weighted by Gasteiger charge is -2.07. The van der Waals surface area contributed by atoms with Gasteiger partial charge in [-0.15, -0.1) is 0 Å². The average Bonchev–Trinajstić information content (AvgIpc) is 2.89. The van der Waals surface area contributed by atoms with Crippen molar-refractivity contribution < 1.29 is 14.3 Å². The molecular formula is C16H13FN2O2. The maximum atomic E-state index is 13.6. The Kier molecular flexibility index (Phi) is 3.39. The molecule has 3 aromatic rings. The van der Waals surface area contributed by atoms with E-state index in [2.05, 4.69) is 4.98 Å². The molecule has 0 aliphatic heterocycles. The third kappa shape index (κ3) is 2.50. The minimum atomic E-state index is -0.992. The molecule has 0 amide bonds. The first-order valence-electron chi connectivity index (χ1n) is 6.57. The Labute approximate surface area is 120 Å². The Morgan fingerprint density at radius 2 is 2.00 bits per heavy atom. The molecule has 0 radical (unpaired) electrons. The van der Waals surface area contributed by atoms with Crippen molar-refractivity contribution in [2.24, 2.45) is 0 Å². The van der Waals surface area contributed by atoms with E-state index in [1.54, 1.807) is 47.3 Å². The van der Waals surface area contributed by atoms with Gasteiger partial charge in [0, 0.05) is 6.54 Å². The van der Waals surface area contributed by atoms with Crippen LogP contribution < -0.4 is 0 Å². The van der Waals surface area contributed by atoms with Crippen molar-refractivity contribution in [2.45, 2.75) is 13.0 Å². The van der Waals surface area contributed by atoms with Crippen LogP contribution in [0.25, 0.3) is 11.0 Å². The van der Waals surface area contributed by atoms with E-state index in [1.165, 1.54) is 6.07 Å². The zero-order chi connectivity index (χ0) is 14.8. The summed E-state index contributed by atoms with van der Waals surface area (Å²) < 4.78 is 15.4. The molecule has 4 nitrogen and oxygen atoms in total. The number of halogens is 1. The van der Waals surface area contributed by atoms with E-state index >= 15 is 0 Å². The molecule has 0 saturated carbocycles. The number of rotatable bonds is 4. The normalized spacial score (nSPS) is 10.9. The summed E-state index contributed by atoms with van der Waals surface area (Å²) >= 11 is 0. The molecule has 1 heterocycles. The van der Waals surface area contributed by atoms with Crippen LogP contribution in [0.3, 0.4) is 0 Å². The molecule has 2 aromatic carbocycles. The third-order valence-corrected chi connectivity index (χ3v) is 3.45.